The number of nitrogens with two attached hydrogens (primary N) is 2. The first-order valence-corrected chi connectivity index (χ1v) is 7.13. The topological polar surface area (TPSA) is 108 Å². The Hall–Kier alpha value is -2.63. The molecule has 0 fully saturated rings. The lowest BCUT2D eigenvalue weighted by molar-refractivity contribution is -0.135. The lowest BCUT2D eigenvalue weighted by Crippen LogP contribution is -2.30. The minimum absolute atomic E-state index is 0.193. The molecule has 1 aromatic carbocycles. The number of ether oxygens (including phenoxy) is 1. The minimum atomic E-state index is -0.645. The number of aliphatic imine (C=N–C) groups is 1. The molecule has 1 aromatic rings. The van der Waals surface area contributed by atoms with E-state index in [0.717, 1.165) is 17.6 Å². The van der Waals surface area contributed by atoms with E-state index >= 15 is 0 Å². The van der Waals surface area contributed by atoms with Crippen LogP contribution in [0.5, 0.6) is 0 Å². The zero-order chi connectivity index (χ0) is 16.1. The largest absolute Gasteiger partial charge is 0.434 e. The van der Waals surface area contributed by atoms with Gasteiger partial charge < -0.3 is 16.2 Å². The maximum Gasteiger partial charge on any atom is 0.315 e. The molecule has 1 aliphatic rings. The Morgan fingerprint density at radius 3 is 2.68 bits per heavy atom. The number of carbonyl (C=O) groups is 2. The second-order valence-electron chi connectivity index (χ2n) is 5.08. The smallest absolute Gasteiger partial charge is 0.315 e. The van der Waals surface area contributed by atoms with Crippen LogP contribution in [-0.4, -0.2) is 23.8 Å². The van der Waals surface area contributed by atoms with Gasteiger partial charge in [0.05, 0.1) is 12.7 Å². The van der Waals surface area contributed by atoms with Gasteiger partial charge in [-0.25, -0.2) is 0 Å². The van der Waals surface area contributed by atoms with Crippen molar-refractivity contribution in [3.63, 3.8) is 0 Å². The summed E-state index contributed by atoms with van der Waals surface area (Å²) in [5.41, 5.74) is 13.6. The van der Waals surface area contributed by atoms with Gasteiger partial charge in [0.1, 0.15) is 11.9 Å². The Morgan fingerprint density at radius 2 is 2.09 bits per heavy atom. The number of rotatable bonds is 6. The molecule has 1 heterocycles. The van der Waals surface area contributed by atoms with Crippen LogP contribution in [0.2, 0.25) is 0 Å². The SMILES string of the molecule is CCCC(N=C(N)c1ccccc1C1=COC(=O)C1)C(N)=O. The van der Waals surface area contributed by atoms with E-state index in [0.29, 0.717) is 12.0 Å². The highest BCUT2D eigenvalue weighted by molar-refractivity contribution is 6.04. The summed E-state index contributed by atoms with van der Waals surface area (Å²) in [5, 5.41) is 0. The molecule has 0 bridgehead atoms. The van der Waals surface area contributed by atoms with Gasteiger partial charge in [0, 0.05) is 11.1 Å². The first-order chi connectivity index (χ1) is 10.5. The number of amides is 1. The van der Waals surface area contributed by atoms with Crippen LogP contribution in [0, 0.1) is 0 Å². The van der Waals surface area contributed by atoms with Crippen LogP contribution < -0.4 is 11.5 Å². The first-order valence-electron chi connectivity index (χ1n) is 7.13. The molecule has 4 N–H and O–H groups in total. The van der Waals surface area contributed by atoms with Gasteiger partial charge in [-0.2, -0.15) is 0 Å². The fourth-order valence-electron chi connectivity index (χ4n) is 2.30. The van der Waals surface area contributed by atoms with Crippen LogP contribution in [0.1, 0.15) is 37.3 Å². The highest BCUT2D eigenvalue weighted by atomic mass is 16.5. The Balaban J connectivity index is 2.35. The van der Waals surface area contributed by atoms with E-state index in [-0.39, 0.29) is 18.2 Å². The lowest BCUT2D eigenvalue weighted by atomic mass is 9.98. The Kier molecular flexibility index (Phi) is 4.93. The summed E-state index contributed by atoms with van der Waals surface area (Å²) in [6.07, 6.45) is 2.94. The van der Waals surface area contributed by atoms with Gasteiger partial charge in [0.2, 0.25) is 5.91 Å². The van der Waals surface area contributed by atoms with Crippen molar-refractivity contribution < 1.29 is 14.3 Å². The molecule has 0 saturated carbocycles. The van der Waals surface area contributed by atoms with Crippen molar-refractivity contribution in [1.29, 1.82) is 0 Å². The maximum atomic E-state index is 11.4. The summed E-state index contributed by atoms with van der Waals surface area (Å²) in [7, 11) is 0. The van der Waals surface area contributed by atoms with Gasteiger partial charge in [0.25, 0.3) is 0 Å². The molecule has 22 heavy (non-hydrogen) atoms. The van der Waals surface area contributed by atoms with E-state index in [1.807, 2.05) is 25.1 Å². The Labute approximate surface area is 128 Å². The third-order valence-corrected chi connectivity index (χ3v) is 3.40. The van der Waals surface area contributed by atoms with Crippen LogP contribution in [-0.2, 0) is 14.3 Å². The van der Waals surface area contributed by atoms with Gasteiger partial charge >= 0.3 is 5.97 Å². The van der Waals surface area contributed by atoms with Crippen molar-refractivity contribution >= 4 is 23.3 Å². The van der Waals surface area contributed by atoms with Crippen LogP contribution in [0.25, 0.3) is 5.57 Å². The Bertz CT molecular complexity index is 650. The van der Waals surface area contributed by atoms with Gasteiger partial charge in [-0.3, -0.25) is 14.6 Å². The van der Waals surface area contributed by atoms with Crippen molar-refractivity contribution in [3.05, 3.63) is 41.7 Å². The molecule has 0 saturated heterocycles. The summed E-state index contributed by atoms with van der Waals surface area (Å²) < 4.78 is 4.86. The number of benzene rings is 1. The van der Waals surface area contributed by atoms with Crippen LogP contribution >= 0.6 is 0 Å². The number of hydrogen-bond donors (Lipinski definition) is 2. The monoisotopic (exact) mass is 301 g/mol. The van der Waals surface area contributed by atoms with Crippen LogP contribution in [0.4, 0.5) is 0 Å². The second kappa shape index (κ2) is 6.89. The number of cyclic esters (lactones) is 1. The summed E-state index contributed by atoms with van der Waals surface area (Å²) in [6.45, 7) is 1.95. The molecule has 116 valence electrons. The third kappa shape index (κ3) is 3.52. The highest BCUT2D eigenvalue weighted by Crippen LogP contribution is 2.27. The summed E-state index contributed by atoms with van der Waals surface area (Å²) in [4.78, 5) is 26.9. The minimum Gasteiger partial charge on any atom is -0.434 e. The average Bonchev–Trinajstić information content (AvgIpc) is 2.93. The van der Waals surface area contributed by atoms with Gasteiger partial charge in [0.15, 0.2) is 0 Å². The lowest BCUT2D eigenvalue weighted by Gasteiger charge is -2.12. The molecule has 0 aromatic heterocycles. The van der Waals surface area contributed by atoms with Gasteiger partial charge in [-0.05, 0) is 12.0 Å². The van der Waals surface area contributed by atoms with E-state index in [2.05, 4.69) is 4.99 Å². The van der Waals surface area contributed by atoms with Crippen LogP contribution in [0.3, 0.4) is 0 Å². The molecule has 2 rings (SSSR count). The number of carbonyl (C=O) groups excluding carboxylic acids is 2. The zero-order valence-electron chi connectivity index (χ0n) is 12.4. The molecule has 0 aliphatic carbocycles. The van der Waals surface area contributed by atoms with Crippen molar-refractivity contribution in [3.8, 4) is 0 Å². The number of primary amides is 1. The first kappa shape index (κ1) is 15.8. The molecular formula is C16H19N3O3. The predicted molar refractivity (Wildman–Crippen MR) is 83.7 cm³/mol. The molecule has 1 unspecified atom stereocenters. The number of nitrogens with zero attached hydrogens (tertiary/aromatic N) is 1. The summed E-state index contributed by atoms with van der Waals surface area (Å²) >= 11 is 0. The molecule has 6 nitrogen and oxygen atoms in total. The summed E-state index contributed by atoms with van der Waals surface area (Å²) in [5.74, 6) is -0.574. The van der Waals surface area contributed by atoms with Crippen molar-refractivity contribution in [2.45, 2.75) is 32.2 Å². The maximum absolute atomic E-state index is 11.4. The standard InChI is InChI=1S/C16H19N3O3/c1-2-5-13(16(18)21)19-15(17)12-7-4-3-6-11(12)10-8-14(20)22-9-10/h3-4,6-7,9,13H,2,5,8H2,1H3,(H2,17,19)(H2,18,21). The normalized spacial score (nSPS) is 16.1. The van der Waals surface area contributed by atoms with Crippen molar-refractivity contribution in [2.75, 3.05) is 0 Å². The fourth-order valence-corrected chi connectivity index (χ4v) is 2.30. The van der Waals surface area contributed by atoms with E-state index in [4.69, 9.17) is 16.2 Å². The highest BCUT2D eigenvalue weighted by Gasteiger charge is 2.21. The van der Waals surface area contributed by atoms with Crippen molar-refractivity contribution in [2.24, 2.45) is 16.5 Å². The number of esters is 1. The molecule has 0 spiro atoms. The predicted octanol–water partition coefficient (Wildman–Crippen LogP) is 1.33. The fraction of sp³-hybridized carbons (Fsp3) is 0.312. The quantitative estimate of drug-likeness (QED) is 0.469. The van der Waals surface area contributed by atoms with E-state index in [1.54, 1.807) is 6.07 Å². The van der Waals surface area contributed by atoms with Gasteiger partial charge in [-0.15, -0.1) is 0 Å². The average molecular weight is 301 g/mol. The molecular weight excluding hydrogens is 282 g/mol. The van der Waals surface area contributed by atoms with E-state index in [1.165, 1.54) is 6.26 Å². The molecule has 6 heteroatoms. The molecule has 1 aliphatic heterocycles. The molecule has 0 radical (unpaired) electrons. The van der Waals surface area contributed by atoms with Gasteiger partial charge in [-0.1, -0.05) is 37.6 Å². The second-order valence-corrected chi connectivity index (χ2v) is 5.08. The van der Waals surface area contributed by atoms with Crippen molar-refractivity contribution in [1.82, 2.24) is 0 Å². The summed E-state index contributed by atoms with van der Waals surface area (Å²) in [6, 6.07) is 6.65. The molecule has 1 atom stereocenters. The van der Waals surface area contributed by atoms with E-state index < -0.39 is 11.9 Å². The zero-order valence-corrected chi connectivity index (χ0v) is 12.4. The third-order valence-electron chi connectivity index (χ3n) is 3.40. The van der Waals surface area contributed by atoms with E-state index in [9.17, 15) is 9.59 Å². The number of hydrogen-bond acceptors (Lipinski definition) is 4. The van der Waals surface area contributed by atoms with Crippen LogP contribution in [0.15, 0.2) is 35.5 Å². The number of amidine groups is 1. The Morgan fingerprint density at radius 1 is 1.36 bits per heavy atom. The molecule has 1 amide bonds.